The van der Waals surface area contributed by atoms with E-state index in [-0.39, 0.29) is 12.1 Å². The summed E-state index contributed by atoms with van der Waals surface area (Å²) in [4.78, 5) is 0. The van der Waals surface area contributed by atoms with E-state index in [4.69, 9.17) is 15.2 Å². The number of unbranched alkanes of at least 4 members (excludes halogenated alkanes) is 3. The lowest BCUT2D eigenvalue weighted by molar-refractivity contribution is 0.0358. The van der Waals surface area contributed by atoms with Gasteiger partial charge in [0.15, 0.2) is 0 Å². The van der Waals surface area contributed by atoms with Crippen LogP contribution in [0.3, 0.4) is 0 Å². The molecule has 3 heteroatoms. The second-order valence-corrected chi connectivity index (χ2v) is 4.98. The van der Waals surface area contributed by atoms with Crippen molar-refractivity contribution in [2.24, 2.45) is 5.73 Å². The number of nitrogens with two attached hydrogens (primary N) is 1. The van der Waals surface area contributed by atoms with Crippen LogP contribution in [0, 0.1) is 0 Å². The molecule has 19 heavy (non-hydrogen) atoms. The average Bonchev–Trinajstić information content (AvgIpc) is 2.43. The number of rotatable bonds is 9. The van der Waals surface area contributed by atoms with Crippen LogP contribution in [0.5, 0.6) is 5.75 Å². The summed E-state index contributed by atoms with van der Waals surface area (Å²) < 4.78 is 11.1. The summed E-state index contributed by atoms with van der Waals surface area (Å²) in [6.07, 6.45) is 4.81. The van der Waals surface area contributed by atoms with E-state index in [1.807, 2.05) is 31.2 Å². The van der Waals surface area contributed by atoms with Gasteiger partial charge in [0.25, 0.3) is 0 Å². The molecule has 2 N–H and O–H groups in total. The monoisotopic (exact) mass is 265 g/mol. The lowest BCUT2D eigenvalue weighted by atomic mass is 10.0. The number of methoxy groups -OCH3 is 1. The Morgan fingerprint density at radius 1 is 1.11 bits per heavy atom. The van der Waals surface area contributed by atoms with E-state index in [0.29, 0.717) is 0 Å². The zero-order valence-electron chi connectivity index (χ0n) is 12.4. The van der Waals surface area contributed by atoms with E-state index in [2.05, 4.69) is 6.92 Å². The van der Waals surface area contributed by atoms with Crippen LogP contribution in [0.25, 0.3) is 0 Å². The van der Waals surface area contributed by atoms with Crippen molar-refractivity contribution in [1.29, 1.82) is 0 Å². The van der Waals surface area contributed by atoms with Crippen LogP contribution in [-0.2, 0) is 4.74 Å². The van der Waals surface area contributed by atoms with Crippen LogP contribution in [0.2, 0.25) is 0 Å². The largest absolute Gasteiger partial charge is 0.497 e. The minimum absolute atomic E-state index is 0.0143. The van der Waals surface area contributed by atoms with E-state index in [0.717, 1.165) is 24.3 Å². The maximum atomic E-state index is 6.02. The average molecular weight is 265 g/mol. The van der Waals surface area contributed by atoms with Gasteiger partial charge in [-0.05, 0) is 31.0 Å². The van der Waals surface area contributed by atoms with Gasteiger partial charge in [-0.3, -0.25) is 0 Å². The lowest BCUT2D eigenvalue weighted by Gasteiger charge is -2.22. The van der Waals surface area contributed by atoms with Crippen LogP contribution in [0.4, 0.5) is 0 Å². The van der Waals surface area contributed by atoms with Crippen LogP contribution < -0.4 is 10.5 Å². The van der Waals surface area contributed by atoms with Crippen molar-refractivity contribution >= 4 is 0 Å². The molecule has 2 atom stereocenters. The van der Waals surface area contributed by atoms with Crippen molar-refractivity contribution in [2.75, 3.05) is 13.7 Å². The first kappa shape index (κ1) is 16.0. The van der Waals surface area contributed by atoms with Gasteiger partial charge in [-0.1, -0.05) is 38.3 Å². The minimum atomic E-state index is -0.0347. The van der Waals surface area contributed by atoms with Crippen LogP contribution >= 0.6 is 0 Å². The molecule has 0 fully saturated rings. The zero-order chi connectivity index (χ0) is 14.1. The Morgan fingerprint density at radius 2 is 1.79 bits per heavy atom. The molecule has 0 amide bonds. The van der Waals surface area contributed by atoms with E-state index in [1.165, 1.54) is 19.3 Å². The second kappa shape index (κ2) is 8.94. The van der Waals surface area contributed by atoms with Crippen LogP contribution in [-0.4, -0.2) is 19.8 Å². The van der Waals surface area contributed by atoms with Crippen molar-refractivity contribution in [3.8, 4) is 5.75 Å². The summed E-state index contributed by atoms with van der Waals surface area (Å²) in [6.45, 7) is 4.97. The van der Waals surface area contributed by atoms with E-state index in [9.17, 15) is 0 Å². The Balaban J connectivity index is 2.51. The van der Waals surface area contributed by atoms with Crippen LogP contribution in [0.1, 0.15) is 51.2 Å². The first-order valence-corrected chi connectivity index (χ1v) is 7.20. The Bertz CT molecular complexity index is 335. The number of ether oxygens (including phenoxy) is 2. The van der Waals surface area contributed by atoms with Crippen molar-refractivity contribution in [1.82, 2.24) is 0 Å². The van der Waals surface area contributed by atoms with Gasteiger partial charge >= 0.3 is 0 Å². The van der Waals surface area contributed by atoms with Gasteiger partial charge in [0.1, 0.15) is 5.75 Å². The molecule has 1 rings (SSSR count). The number of hydrogen-bond acceptors (Lipinski definition) is 3. The van der Waals surface area contributed by atoms with Gasteiger partial charge in [0.05, 0.1) is 13.2 Å². The van der Waals surface area contributed by atoms with Crippen molar-refractivity contribution in [2.45, 2.75) is 51.7 Å². The number of hydrogen-bond donors (Lipinski definition) is 1. The quantitative estimate of drug-likeness (QED) is 0.693. The molecule has 2 unspecified atom stereocenters. The molecule has 0 aliphatic rings. The molecule has 0 aromatic heterocycles. The van der Waals surface area contributed by atoms with Crippen LogP contribution in [0.15, 0.2) is 24.3 Å². The Hall–Kier alpha value is -1.06. The number of benzene rings is 1. The molecule has 3 nitrogen and oxygen atoms in total. The van der Waals surface area contributed by atoms with Gasteiger partial charge in [-0.15, -0.1) is 0 Å². The summed E-state index contributed by atoms with van der Waals surface area (Å²) >= 11 is 0. The highest BCUT2D eigenvalue weighted by atomic mass is 16.5. The van der Waals surface area contributed by atoms with Gasteiger partial charge in [0.2, 0.25) is 0 Å². The molecular formula is C16H27NO2. The summed E-state index contributed by atoms with van der Waals surface area (Å²) in [5.41, 5.74) is 7.14. The van der Waals surface area contributed by atoms with Gasteiger partial charge in [-0.25, -0.2) is 0 Å². The molecule has 108 valence electrons. The van der Waals surface area contributed by atoms with E-state index >= 15 is 0 Å². The molecule has 0 saturated heterocycles. The highest BCUT2D eigenvalue weighted by molar-refractivity contribution is 5.29. The summed E-state index contributed by atoms with van der Waals surface area (Å²) in [5.74, 6) is 0.857. The molecule has 0 bridgehead atoms. The molecule has 0 aliphatic heterocycles. The Labute approximate surface area is 117 Å². The summed E-state index contributed by atoms with van der Waals surface area (Å²) in [5, 5.41) is 0. The predicted molar refractivity (Wildman–Crippen MR) is 79.5 cm³/mol. The van der Waals surface area contributed by atoms with Crippen molar-refractivity contribution < 1.29 is 9.47 Å². The maximum Gasteiger partial charge on any atom is 0.118 e. The fourth-order valence-corrected chi connectivity index (χ4v) is 2.08. The van der Waals surface area contributed by atoms with Crippen molar-refractivity contribution in [3.63, 3.8) is 0 Å². The van der Waals surface area contributed by atoms with Crippen molar-refractivity contribution in [3.05, 3.63) is 29.8 Å². The molecule has 0 spiro atoms. The lowest BCUT2D eigenvalue weighted by Crippen LogP contribution is -2.27. The third kappa shape index (κ3) is 5.62. The molecular weight excluding hydrogens is 238 g/mol. The van der Waals surface area contributed by atoms with E-state index < -0.39 is 0 Å². The molecule has 1 aromatic carbocycles. The molecule has 0 saturated carbocycles. The fourth-order valence-electron chi connectivity index (χ4n) is 2.08. The highest BCUT2D eigenvalue weighted by Gasteiger charge is 2.16. The molecule has 0 aliphatic carbocycles. The smallest absolute Gasteiger partial charge is 0.118 e. The van der Waals surface area contributed by atoms with Gasteiger partial charge in [-0.2, -0.15) is 0 Å². The zero-order valence-corrected chi connectivity index (χ0v) is 12.4. The summed E-state index contributed by atoms with van der Waals surface area (Å²) in [6, 6.07) is 7.94. The minimum Gasteiger partial charge on any atom is -0.497 e. The standard InChI is InChI=1S/C16H27NO2/c1-4-5-6-7-12-19-16(13(2)17)14-8-10-15(18-3)11-9-14/h8-11,13,16H,4-7,12,17H2,1-3H3. The predicted octanol–water partition coefficient (Wildman–Crippen LogP) is 3.68. The van der Waals surface area contributed by atoms with Gasteiger partial charge < -0.3 is 15.2 Å². The SMILES string of the molecule is CCCCCCOC(c1ccc(OC)cc1)C(C)N. The third-order valence-corrected chi connectivity index (χ3v) is 3.22. The molecule has 1 aromatic rings. The van der Waals surface area contributed by atoms with Gasteiger partial charge in [0, 0.05) is 12.6 Å². The van der Waals surface area contributed by atoms with E-state index in [1.54, 1.807) is 7.11 Å². The molecule has 0 heterocycles. The Kier molecular flexibility index (Phi) is 7.53. The second-order valence-electron chi connectivity index (χ2n) is 4.98. The first-order chi connectivity index (χ1) is 9.19. The highest BCUT2D eigenvalue weighted by Crippen LogP contribution is 2.23. The summed E-state index contributed by atoms with van der Waals surface area (Å²) in [7, 11) is 1.67. The normalized spacial score (nSPS) is 14.1. The molecule has 0 radical (unpaired) electrons. The fraction of sp³-hybridized carbons (Fsp3) is 0.625. The Morgan fingerprint density at radius 3 is 2.32 bits per heavy atom. The maximum absolute atomic E-state index is 6.02. The first-order valence-electron chi connectivity index (χ1n) is 7.20. The third-order valence-electron chi connectivity index (χ3n) is 3.22. The topological polar surface area (TPSA) is 44.5 Å².